The van der Waals surface area contributed by atoms with E-state index in [0.29, 0.717) is 5.95 Å². The van der Waals surface area contributed by atoms with Gasteiger partial charge in [0.1, 0.15) is 18.0 Å². The van der Waals surface area contributed by atoms with E-state index < -0.39 is 0 Å². The van der Waals surface area contributed by atoms with Gasteiger partial charge >= 0.3 is 0 Å². The van der Waals surface area contributed by atoms with E-state index in [4.69, 9.17) is 0 Å². The van der Waals surface area contributed by atoms with E-state index in [9.17, 15) is 0 Å². The summed E-state index contributed by atoms with van der Waals surface area (Å²) in [6.07, 6.45) is 5.12. The number of H-pyrrole nitrogens is 1. The van der Waals surface area contributed by atoms with E-state index in [-0.39, 0.29) is 0 Å². The highest BCUT2D eigenvalue weighted by atomic mass is 15.2. The zero-order valence-corrected chi connectivity index (χ0v) is 10.6. The Kier molecular flexibility index (Phi) is 4.06. The van der Waals surface area contributed by atoms with Crippen molar-refractivity contribution in [3.05, 3.63) is 24.4 Å². The Bertz CT molecular complexity index is 466. The Morgan fingerprint density at radius 1 is 1.33 bits per heavy atom. The molecule has 2 heterocycles. The fourth-order valence-corrected chi connectivity index (χ4v) is 1.49. The molecule has 7 nitrogen and oxygen atoms in total. The van der Waals surface area contributed by atoms with Crippen LogP contribution in [0.15, 0.2) is 18.6 Å². The summed E-state index contributed by atoms with van der Waals surface area (Å²) in [4.78, 5) is 14.5. The molecule has 18 heavy (non-hydrogen) atoms. The number of nitrogens with one attached hydrogen (secondary N) is 2. The summed E-state index contributed by atoms with van der Waals surface area (Å²) in [6, 6.07) is 1.86. The Hall–Kier alpha value is -2.18. The Morgan fingerprint density at radius 3 is 2.94 bits per heavy atom. The second-order valence-corrected chi connectivity index (χ2v) is 4.10. The normalized spacial score (nSPS) is 10.3. The maximum atomic E-state index is 4.37. The summed E-state index contributed by atoms with van der Waals surface area (Å²) >= 11 is 0. The van der Waals surface area contributed by atoms with Gasteiger partial charge in [0.15, 0.2) is 0 Å². The van der Waals surface area contributed by atoms with Crippen molar-refractivity contribution >= 4 is 11.8 Å². The lowest BCUT2D eigenvalue weighted by Crippen LogP contribution is -2.14. The van der Waals surface area contributed by atoms with Crippen LogP contribution in [0.4, 0.5) is 11.8 Å². The van der Waals surface area contributed by atoms with Crippen LogP contribution in [0.1, 0.15) is 12.2 Å². The number of hydrogen-bond donors (Lipinski definition) is 2. The summed E-state index contributed by atoms with van der Waals surface area (Å²) in [7, 11) is 3.84. The standard InChI is InChI=1S/C11H17N7/c1-18(2)11-13-7-5-9(16-11)12-6-3-4-10-14-8-15-17-10/h5,7-8H,3-4,6H2,1-2H3,(H,12,13,16)(H,14,15,17). The Labute approximate surface area is 106 Å². The molecular formula is C11H17N7. The van der Waals surface area contributed by atoms with Gasteiger partial charge in [0, 0.05) is 33.3 Å². The van der Waals surface area contributed by atoms with Gasteiger partial charge in [0.05, 0.1) is 0 Å². The number of nitrogens with zero attached hydrogens (tertiary/aromatic N) is 5. The number of aryl methyl sites for hydroxylation is 1. The van der Waals surface area contributed by atoms with Gasteiger partial charge in [-0.2, -0.15) is 10.1 Å². The Balaban J connectivity index is 1.78. The fraction of sp³-hybridized carbons (Fsp3) is 0.455. The molecule has 2 aromatic heterocycles. The molecule has 0 aliphatic rings. The molecular weight excluding hydrogens is 230 g/mol. The van der Waals surface area contributed by atoms with E-state index in [1.54, 1.807) is 6.20 Å². The third-order valence-electron chi connectivity index (χ3n) is 2.40. The van der Waals surface area contributed by atoms with Crippen molar-refractivity contribution in [3.8, 4) is 0 Å². The number of rotatable bonds is 6. The van der Waals surface area contributed by atoms with Crippen molar-refractivity contribution in [2.75, 3.05) is 30.9 Å². The first-order valence-electron chi connectivity index (χ1n) is 5.84. The minimum Gasteiger partial charge on any atom is -0.370 e. The molecule has 2 aromatic rings. The molecule has 7 heteroatoms. The summed E-state index contributed by atoms with van der Waals surface area (Å²) in [5.41, 5.74) is 0. The van der Waals surface area contributed by atoms with Gasteiger partial charge < -0.3 is 10.2 Å². The minimum absolute atomic E-state index is 0.704. The molecule has 0 bridgehead atoms. The summed E-state index contributed by atoms with van der Waals surface area (Å²) in [5, 5.41) is 9.91. The van der Waals surface area contributed by atoms with Crippen LogP contribution in [0.2, 0.25) is 0 Å². The maximum absolute atomic E-state index is 4.37. The van der Waals surface area contributed by atoms with E-state index in [1.807, 2.05) is 25.1 Å². The van der Waals surface area contributed by atoms with Crippen LogP contribution in [-0.2, 0) is 6.42 Å². The van der Waals surface area contributed by atoms with Gasteiger partial charge in [0.2, 0.25) is 5.95 Å². The van der Waals surface area contributed by atoms with Crippen molar-refractivity contribution in [1.82, 2.24) is 25.1 Å². The van der Waals surface area contributed by atoms with Crippen LogP contribution in [-0.4, -0.2) is 45.8 Å². The topological polar surface area (TPSA) is 82.6 Å². The van der Waals surface area contributed by atoms with Gasteiger partial charge in [-0.1, -0.05) is 0 Å². The average molecular weight is 247 g/mol. The first-order valence-corrected chi connectivity index (χ1v) is 5.84. The van der Waals surface area contributed by atoms with Crippen molar-refractivity contribution < 1.29 is 0 Å². The van der Waals surface area contributed by atoms with Crippen LogP contribution >= 0.6 is 0 Å². The second kappa shape index (κ2) is 5.95. The minimum atomic E-state index is 0.704. The molecule has 0 aromatic carbocycles. The summed E-state index contributed by atoms with van der Waals surface area (Å²) in [6.45, 7) is 0.838. The quantitative estimate of drug-likeness (QED) is 0.731. The lowest BCUT2D eigenvalue weighted by molar-refractivity contribution is 0.802. The lowest BCUT2D eigenvalue weighted by Gasteiger charge is -2.11. The first kappa shape index (κ1) is 12.3. The van der Waals surface area contributed by atoms with Gasteiger partial charge in [-0.25, -0.2) is 9.97 Å². The number of aromatic nitrogens is 5. The van der Waals surface area contributed by atoms with E-state index in [1.165, 1.54) is 6.33 Å². The fourth-order valence-electron chi connectivity index (χ4n) is 1.49. The average Bonchev–Trinajstić information content (AvgIpc) is 2.88. The third kappa shape index (κ3) is 3.41. The molecule has 0 unspecified atom stereocenters. The van der Waals surface area contributed by atoms with Gasteiger partial charge in [-0.05, 0) is 12.5 Å². The molecule has 0 atom stereocenters. The molecule has 0 saturated heterocycles. The second-order valence-electron chi connectivity index (χ2n) is 4.10. The van der Waals surface area contributed by atoms with Crippen molar-refractivity contribution in [2.45, 2.75) is 12.8 Å². The predicted octanol–water partition coefficient (Wildman–Crippen LogP) is 0.705. The van der Waals surface area contributed by atoms with E-state index >= 15 is 0 Å². The van der Waals surface area contributed by atoms with Crippen LogP contribution in [0.3, 0.4) is 0 Å². The largest absolute Gasteiger partial charge is 0.370 e. The maximum Gasteiger partial charge on any atom is 0.226 e. The van der Waals surface area contributed by atoms with Crippen LogP contribution < -0.4 is 10.2 Å². The summed E-state index contributed by atoms with van der Waals surface area (Å²) in [5.74, 6) is 2.45. The smallest absolute Gasteiger partial charge is 0.226 e. The number of anilines is 2. The van der Waals surface area contributed by atoms with Crippen molar-refractivity contribution in [3.63, 3.8) is 0 Å². The van der Waals surface area contributed by atoms with Crippen molar-refractivity contribution in [1.29, 1.82) is 0 Å². The Morgan fingerprint density at radius 2 is 2.22 bits per heavy atom. The number of aromatic amines is 1. The molecule has 0 aliphatic carbocycles. The lowest BCUT2D eigenvalue weighted by atomic mass is 10.3. The monoisotopic (exact) mass is 247 g/mol. The molecule has 0 radical (unpaired) electrons. The SMILES string of the molecule is CN(C)c1nccc(NCCCc2ncn[nH]2)n1. The zero-order valence-electron chi connectivity index (χ0n) is 10.6. The molecule has 2 rings (SSSR count). The highest BCUT2D eigenvalue weighted by molar-refractivity contribution is 5.40. The van der Waals surface area contributed by atoms with Gasteiger partial charge in [0.25, 0.3) is 0 Å². The first-order chi connectivity index (χ1) is 8.75. The van der Waals surface area contributed by atoms with Crippen LogP contribution in [0, 0.1) is 0 Å². The molecule has 2 N–H and O–H groups in total. The highest BCUT2D eigenvalue weighted by Gasteiger charge is 2.00. The molecule has 0 spiro atoms. The van der Waals surface area contributed by atoms with Gasteiger partial charge in [-0.15, -0.1) is 0 Å². The van der Waals surface area contributed by atoms with Gasteiger partial charge in [-0.3, -0.25) is 5.10 Å². The zero-order chi connectivity index (χ0) is 12.8. The third-order valence-corrected chi connectivity index (χ3v) is 2.40. The molecule has 0 amide bonds. The molecule has 0 aliphatic heterocycles. The molecule has 0 saturated carbocycles. The van der Waals surface area contributed by atoms with E-state index in [2.05, 4.69) is 30.5 Å². The van der Waals surface area contributed by atoms with Crippen molar-refractivity contribution in [2.24, 2.45) is 0 Å². The summed E-state index contributed by atoms with van der Waals surface area (Å²) < 4.78 is 0. The highest BCUT2D eigenvalue weighted by Crippen LogP contribution is 2.07. The van der Waals surface area contributed by atoms with Crippen LogP contribution in [0.25, 0.3) is 0 Å². The molecule has 96 valence electrons. The van der Waals surface area contributed by atoms with Crippen LogP contribution in [0.5, 0.6) is 0 Å². The van der Waals surface area contributed by atoms with E-state index in [0.717, 1.165) is 31.0 Å². The number of hydrogen-bond acceptors (Lipinski definition) is 6. The predicted molar refractivity (Wildman–Crippen MR) is 69.6 cm³/mol. The molecule has 0 fully saturated rings.